The molecule has 0 bridgehead atoms. The van der Waals surface area contributed by atoms with Gasteiger partial charge in [-0.1, -0.05) is 6.07 Å². The van der Waals surface area contributed by atoms with Crippen LogP contribution in [0.5, 0.6) is 0 Å². The molecule has 0 saturated carbocycles. The van der Waals surface area contributed by atoms with Gasteiger partial charge in [-0.2, -0.15) is 0 Å². The lowest BCUT2D eigenvalue weighted by Crippen LogP contribution is -2.48. The molecule has 0 radical (unpaired) electrons. The summed E-state index contributed by atoms with van der Waals surface area (Å²) in [6.07, 6.45) is 0. The molecule has 0 spiro atoms. The average molecular weight is 235 g/mol. The molecule has 0 aliphatic carbocycles. The highest BCUT2D eigenvalue weighted by atomic mass is 16.4. The first-order valence-electron chi connectivity index (χ1n) is 5.78. The van der Waals surface area contributed by atoms with Crippen LogP contribution in [0.3, 0.4) is 0 Å². The monoisotopic (exact) mass is 235 g/mol. The summed E-state index contributed by atoms with van der Waals surface area (Å²) in [6, 6.07) is 5.98. The second kappa shape index (κ2) is 5.14. The van der Waals surface area contributed by atoms with Crippen molar-refractivity contribution in [1.82, 2.24) is 9.88 Å². The topological polar surface area (TPSA) is 56.7 Å². The van der Waals surface area contributed by atoms with Crippen LogP contribution in [0.4, 0.5) is 5.82 Å². The molecule has 1 aromatic rings. The van der Waals surface area contributed by atoms with E-state index in [4.69, 9.17) is 5.11 Å². The maximum absolute atomic E-state index is 10.6. The fourth-order valence-corrected chi connectivity index (χ4v) is 2.03. The fraction of sp³-hybridized carbons (Fsp3) is 0.500. The van der Waals surface area contributed by atoms with Crippen molar-refractivity contribution in [3.05, 3.63) is 23.9 Å². The fourth-order valence-electron chi connectivity index (χ4n) is 2.03. The zero-order chi connectivity index (χ0) is 12.3. The van der Waals surface area contributed by atoms with Crippen molar-refractivity contribution in [1.29, 1.82) is 0 Å². The van der Waals surface area contributed by atoms with E-state index in [0.717, 1.165) is 37.7 Å². The Balaban J connectivity index is 1.93. The first kappa shape index (κ1) is 11.9. The number of aromatic nitrogens is 1. The minimum absolute atomic E-state index is 0.134. The lowest BCUT2D eigenvalue weighted by molar-refractivity contribution is -0.138. The summed E-state index contributed by atoms with van der Waals surface area (Å²) >= 11 is 0. The number of carbonyl (C=O) groups is 1. The van der Waals surface area contributed by atoms with Gasteiger partial charge in [0.1, 0.15) is 5.82 Å². The minimum Gasteiger partial charge on any atom is -0.480 e. The molecule has 2 heterocycles. The van der Waals surface area contributed by atoms with Crippen molar-refractivity contribution in [2.24, 2.45) is 0 Å². The summed E-state index contributed by atoms with van der Waals surface area (Å²) in [4.78, 5) is 19.2. The summed E-state index contributed by atoms with van der Waals surface area (Å²) in [6.45, 7) is 5.34. The van der Waals surface area contributed by atoms with Gasteiger partial charge in [-0.05, 0) is 19.1 Å². The number of nitrogens with zero attached hydrogens (tertiary/aromatic N) is 3. The summed E-state index contributed by atoms with van der Waals surface area (Å²) in [5.41, 5.74) is 1.01. The normalized spacial score (nSPS) is 17.1. The number of carboxylic acid groups (broad SMARTS) is 1. The minimum atomic E-state index is -0.757. The van der Waals surface area contributed by atoms with E-state index in [2.05, 4.69) is 9.88 Å². The lowest BCUT2D eigenvalue weighted by atomic mass is 10.3. The Morgan fingerprint density at radius 2 is 2.06 bits per heavy atom. The Morgan fingerprint density at radius 1 is 1.35 bits per heavy atom. The van der Waals surface area contributed by atoms with Gasteiger partial charge in [0.15, 0.2) is 0 Å². The number of rotatable bonds is 3. The first-order valence-corrected chi connectivity index (χ1v) is 5.78. The highest BCUT2D eigenvalue weighted by Gasteiger charge is 2.19. The van der Waals surface area contributed by atoms with Gasteiger partial charge < -0.3 is 10.0 Å². The number of aryl methyl sites for hydroxylation is 1. The van der Waals surface area contributed by atoms with Gasteiger partial charge in [0, 0.05) is 31.9 Å². The second-order valence-corrected chi connectivity index (χ2v) is 4.29. The summed E-state index contributed by atoms with van der Waals surface area (Å²) in [7, 11) is 0. The lowest BCUT2D eigenvalue weighted by Gasteiger charge is -2.34. The van der Waals surface area contributed by atoms with Crippen LogP contribution in [0.15, 0.2) is 18.2 Å². The molecule has 0 atom stereocenters. The van der Waals surface area contributed by atoms with Gasteiger partial charge in [0.05, 0.1) is 6.54 Å². The third kappa shape index (κ3) is 3.17. The molecule has 17 heavy (non-hydrogen) atoms. The second-order valence-electron chi connectivity index (χ2n) is 4.29. The maximum atomic E-state index is 10.6. The Bertz CT molecular complexity index is 400. The largest absolute Gasteiger partial charge is 0.480 e. The van der Waals surface area contributed by atoms with Gasteiger partial charge in [-0.25, -0.2) is 4.98 Å². The van der Waals surface area contributed by atoms with Crippen molar-refractivity contribution >= 4 is 11.8 Å². The highest BCUT2D eigenvalue weighted by molar-refractivity contribution is 5.69. The Morgan fingerprint density at radius 3 is 2.65 bits per heavy atom. The number of hydrogen-bond acceptors (Lipinski definition) is 4. The number of pyridine rings is 1. The highest BCUT2D eigenvalue weighted by Crippen LogP contribution is 2.13. The van der Waals surface area contributed by atoms with Crippen LogP contribution in [0.2, 0.25) is 0 Å². The molecule has 1 aliphatic rings. The van der Waals surface area contributed by atoms with E-state index in [1.165, 1.54) is 0 Å². The molecule has 5 nitrogen and oxygen atoms in total. The van der Waals surface area contributed by atoms with Crippen LogP contribution in [-0.2, 0) is 4.79 Å². The van der Waals surface area contributed by atoms with Crippen LogP contribution in [-0.4, -0.2) is 53.7 Å². The van der Waals surface area contributed by atoms with E-state index < -0.39 is 5.97 Å². The standard InChI is InChI=1S/C12H17N3O2/c1-10-3-2-4-11(13-10)15-7-5-14(6-8-15)9-12(16)17/h2-4H,5-9H2,1H3,(H,16,17). The average Bonchev–Trinajstić information content (AvgIpc) is 2.29. The third-order valence-electron chi connectivity index (χ3n) is 2.93. The van der Waals surface area contributed by atoms with Crippen LogP contribution in [0, 0.1) is 6.92 Å². The first-order chi connectivity index (χ1) is 8.15. The zero-order valence-electron chi connectivity index (χ0n) is 9.96. The van der Waals surface area contributed by atoms with E-state index >= 15 is 0 Å². The van der Waals surface area contributed by atoms with E-state index in [-0.39, 0.29) is 6.54 Å². The van der Waals surface area contributed by atoms with Crippen LogP contribution >= 0.6 is 0 Å². The third-order valence-corrected chi connectivity index (χ3v) is 2.93. The number of hydrogen-bond donors (Lipinski definition) is 1. The van der Waals surface area contributed by atoms with Crippen molar-refractivity contribution in [3.8, 4) is 0 Å². The predicted octanol–water partition coefficient (Wildman–Crippen LogP) is 0.597. The van der Waals surface area contributed by atoms with Crippen LogP contribution in [0.25, 0.3) is 0 Å². The molecular weight excluding hydrogens is 218 g/mol. The van der Waals surface area contributed by atoms with Gasteiger partial charge in [0.2, 0.25) is 0 Å². The molecule has 5 heteroatoms. The quantitative estimate of drug-likeness (QED) is 0.831. The number of piperazine rings is 1. The van der Waals surface area contributed by atoms with Crippen molar-refractivity contribution in [2.45, 2.75) is 6.92 Å². The van der Waals surface area contributed by atoms with Gasteiger partial charge in [0.25, 0.3) is 0 Å². The number of carboxylic acids is 1. The predicted molar refractivity (Wildman–Crippen MR) is 65.3 cm³/mol. The summed E-state index contributed by atoms with van der Waals surface area (Å²) in [5.74, 6) is 0.229. The Labute approximate surface area is 101 Å². The smallest absolute Gasteiger partial charge is 0.317 e. The number of aliphatic carboxylic acids is 1. The Kier molecular flexibility index (Phi) is 3.58. The zero-order valence-corrected chi connectivity index (χ0v) is 9.96. The van der Waals surface area contributed by atoms with E-state index in [9.17, 15) is 4.79 Å². The van der Waals surface area contributed by atoms with Crippen molar-refractivity contribution in [2.75, 3.05) is 37.6 Å². The maximum Gasteiger partial charge on any atom is 0.317 e. The van der Waals surface area contributed by atoms with E-state index in [0.29, 0.717) is 0 Å². The molecule has 1 aromatic heterocycles. The molecule has 0 aromatic carbocycles. The molecule has 1 saturated heterocycles. The van der Waals surface area contributed by atoms with Crippen molar-refractivity contribution in [3.63, 3.8) is 0 Å². The van der Waals surface area contributed by atoms with Gasteiger partial charge in [-0.15, -0.1) is 0 Å². The van der Waals surface area contributed by atoms with E-state index in [1.807, 2.05) is 30.0 Å². The van der Waals surface area contributed by atoms with Gasteiger partial charge >= 0.3 is 5.97 Å². The van der Waals surface area contributed by atoms with E-state index in [1.54, 1.807) is 0 Å². The summed E-state index contributed by atoms with van der Waals surface area (Å²) < 4.78 is 0. The molecule has 0 unspecified atom stereocenters. The van der Waals surface area contributed by atoms with Gasteiger partial charge in [-0.3, -0.25) is 9.69 Å². The molecular formula is C12H17N3O2. The van der Waals surface area contributed by atoms with Crippen LogP contribution < -0.4 is 4.90 Å². The summed E-state index contributed by atoms with van der Waals surface area (Å²) in [5, 5.41) is 8.72. The molecule has 2 rings (SSSR count). The molecule has 92 valence electrons. The molecule has 1 N–H and O–H groups in total. The van der Waals surface area contributed by atoms with Crippen LogP contribution in [0.1, 0.15) is 5.69 Å². The number of anilines is 1. The Hall–Kier alpha value is -1.62. The van der Waals surface area contributed by atoms with Crippen molar-refractivity contribution < 1.29 is 9.90 Å². The SMILES string of the molecule is Cc1cccc(N2CCN(CC(=O)O)CC2)n1. The molecule has 1 fully saturated rings. The molecule has 1 aliphatic heterocycles. The molecule has 0 amide bonds.